The number of rotatable bonds is 2. The molecule has 0 aliphatic rings. The number of carbonyl (C=O) groups is 1. The topological polar surface area (TPSA) is 64.3 Å². The maximum atomic E-state index is 10.6. The number of carbonyl (C=O) groups excluding carboxylic acids is 1. The lowest BCUT2D eigenvalue weighted by Crippen LogP contribution is -2.06. The van der Waals surface area contributed by atoms with Gasteiger partial charge in [-0.05, 0) is 12.1 Å². The molecule has 1 rings (SSSR count). The first-order chi connectivity index (χ1) is 5.72. The molecule has 0 aliphatic carbocycles. The molecule has 0 aliphatic heterocycles. The molecule has 0 heterocycles. The minimum absolute atomic E-state index is 0.121. The van der Waals surface area contributed by atoms with E-state index in [0.29, 0.717) is 11.4 Å². The number of hydrogen-bond donors (Lipinski definition) is 2. The van der Waals surface area contributed by atoms with Gasteiger partial charge in [-0.15, -0.1) is 0 Å². The normalized spacial score (nSPS) is 9.17. The third-order valence-electron chi connectivity index (χ3n) is 1.29. The van der Waals surface area contributed by atoms with Crippen LogP contribution in [0.5, 0.6) is 5.75 Å². The fourth-order valence-corrected chi connectivity index (χ4v) is 0.850. The smallest absolute Gasteiger partial charge is 0.221 e. The molecule has 0 spiro atoms. The van der Waals surface area contributed by atoms with Gasteiger partial charge in [-0.1, -0.05) is 6.07 Å². The van der Waals surface area contributed by atoms with Crippen LogP contribution >= 0.6 is 0 Å². The monoisotopic (exact) mass is 166 g/mol. The third kappa shape index (κ3) is 2.25. The van der Waals surface area contributed by atoms with Crippen LogP contribution in [0.2, 0.25) is 0 Å². The summed E-state index contributed by atoms with van der Waals surface area (Å²) in [5, 5.41) is 2.60. The highest BCUT2D eigenvalue weighted by atomic mass is 16.6. The molecule has 0 bridgehead atoms. The quantitative estimate of drug-likeness (QED) is 0.641. The summed E-state index contributed by atoms with van der Waals surface area (Å²) >= 11 is 0. The number of nitrogens with two attached hydrogens (primary N) is 1. The molecular weight excluding hydrogens is 156 g/mol. The first kappa shape index (κ1) is 8.55. The van der Waals surface area contributed by atoms with E-state index in [1.165, 1.54) is 6.92 Å². The minimum atomic E-state index is -0.121. The summed E-state index contributed by atoms with van der Waals surface area (Å²) < 4.78 is 0. The van der Waals surface area contributed by atoms with Crippen molar-refractivity contribution < 1.29 is 9.63 Å². The van der Waals surface area contributed by atoms with Crippen molar-refractivity contribution in [2.75, 3.05) is 5.32 Å². The van der Waals surface area contributed by atoms with Crippen molar-refractivity contribution in [1.82, 2.24) is 0 Å². The van der Waals surface area contributed by atoms with Gasteiger partial charge in [-0.3, -0.25) is 4.79 Å². The van der Waals surface area contributed by atoms with E-state index in [4.69, 9.17) is 5.90 Å². The summed E-state index contributed by atoms with van der Waals surface area (Å²) in [7, 11) is 0. The van der Waals surface area contributed by atoms with Crippen molar-refractivity contribution in [3.8, 4) is 5.75 Å². The van der Waals surface area contributed by atoms with E-state index in [9.17, 15) is 4.79 Å². The number of anilines is 1. The van der Waals surface area contributed by atoms with Gasteiger partial charge >= 0.3 is 0 Å². The molecule has 64 valence electrons. The van der Waals surface area contributed by atoms with Gasteiger partial charge < -0.3 is 10.2 Å². The van der Waals surface area contributed by atoms with E-state index >= 15 is 0 Å². The minimum Gasteiger partial charge on any atom is -0.411 e. The zero-order valence-electron chi connectivity index (χ0n) is 6.70. The first-order valence-corrected chi connectivity index (χ1v) is 3.47. The van der Waals surface area contributed by atoms with Crippen molar-refractivity contribution in [1.29, 1.82) is 0 Å². The molecule has 4 heteroatoms. The maximum Gasteiger partial charge on any atom is 0.221 e. The van der Waals surface area contributed by atoms with Crippen LogP contribution in [-0.4, -0.2) is 5.91 Å². The van der Waals surface area contributed by atoms with E-state index < -0.39 is 0 Å². The number of benzene rings is 1. The van der Waals surface area contributed by atoms with Crippen molar-refractivity contribution >= 4 is 11.6 Å². The Balaban J connectivity index is 2.79. The molecule has 0 fully saturated rings. The van der Waals surface area contributed by atoms with E-state index in [2.05, 4.69) is 10.2 Å². The highest BCUT2D eigenvalue weighted by molar-refractivity contribution is 5.88. The van der Waals surface area contributed by atoms with Gasteiger partial charge in [0, 0.05) is 18.7 Å². The predicted molar refractivity (Wildman–Crippen MR) is 45.6 cm³/mol. The van der Waals surface area contributed by atoms with E-state index in [-0.39, 0.29) is 5.91 Å². The number of hydrogen-bond acceptors (Lipinski definition) is 3. The summed E-state index contributed by atoms with van der Waals surface area (Å²) in [5.41, 5.74) is 0.672. The van der Waals surface area contributed by atoms with E-state index in [0.717, 1.165) is 0 Å². The first-order valence-electron chi connectivity index (χ1n) is 3.47. The van der Waals surface area contributed by atoms with Gasteiger partial charge in [0.2, 0.25) is 5.91 Å². The third-order valence-corrected chi connectivity index (χ3v) is 1.29. The predicted octanol–water partition coefficient (Wildman–Crippen LogP) is 0.897. The molecule has 0 saturated carbocycles. The van der Waals surface area contributed by atoms with Crippen LogP contribution in [0.25, 0.3) is 0 Å². The van der Waals surface area contributed by atoms with Crippen molar-refractivity contribution in [2.24, 2.45) is 5.90 Å². The summed E-state index contributed by atoms with van der Waals surface area (Å²) in [6, 6.07) is 6.84. The van der Waals surface area contributed by atoms with Gasteiger partial charge in [0.1, 0.15) is 5.75 Å². The molecule has 4 nitrogen and oxygen atoms in total. The van der Waals surface area contributed by atoms with Crippen molar-refractivity contribution in [2.45, 2.75) is 6.92 Å². The Morgan fingerprint density at radius 3 is 2.92 bits per heavy atom. The zero-order valence-corrected chi connectivity index (χ0v) is 6.70. The van der Waals surface area contributed by atoms with Crippen LogP contribution in [0.15, 0.2) is 24.3 Å². The van der Waals surface area contributed by atoms with Gasteiger partial charge in [-0.25, -0.2) is 0 Å². The molecule has 0 atom stereocenters. The summed E-state index contributed by atoms with van der Waals surface area (Å²) in [6.45, 7) is 1.44. The molecule has 12 heavy (non-hydrogen) atoms. The fraction of sp³-hybridized carbons (Fsp3) is 0.125. The fourth-order valence-electron chi connectivity index (χ4n) is 0.850. The molecular formula is C8H10N2O2. The molecule has 0 unspecified atom stereocenters. The highest BCUT2D eigenvalue weighted by Gasteiger charge is 1.96. The lowest BCUT2D eigenvalue weighted by atomic mass is 10.3. The lowest BCUT2D eigenvalue weighted by molar-refractivity contribution is -0.114. The molecule has 0 aromatic heterocycles. The van der Waals surface area contributed by atoms with Crippen LogP contribution in [0.3, 0.4) is 0 Å². The van der Waals surface area contributed by atoms with Crippen molar-refractivity contribution in [3.63, 3.8) is 0 Å². The number of nitrogens with one attached hydrogen (secondary N) is 1. The Hall–Kier alpha value is -1.55. The maximum absolute atomic E-state index is 10.6. The van der Waals surface area contributed by atoms with Gasteiger partial charge in [0.15, 0.2) is 0 Å². The Bertz CT molecular complexity index is 286. The second-order valence-corrected chi connectivity index (χ2v) is 2.33. The van der Waals surface area contributed by atoms with Gasteiger partial charge in [-0.2, -0.15) is 5.90 Å². The Morgan fingerprint density at radius 2 is 2.33 bits per heavy atom. The van der Waals surface area contributed by atoms with Gasteiger partial charge in [0.25, 0.3) is 0 Å². The van der Waals surface area contributed by atoms with Crippen molar-refractivity contribution in [3.05, 3.63) is 24.3 Å². The Morgan fingerprint density at radius 1 is 1.58 bits per heavy atom. The average molecular weight is 166 g/mol. The second-order valence-electron chi connectivity index (χ2n) is 2.33. The van der Waals surface area contributed by atoms with Crippen LogP contribution in [0, 0.1) is 0 Å². The lowest BCUT2D eigenvalue weighted by Gasteiger charge is -2.02. The second kappa shape index (κ2) is 3.73. The van der Waals surface area contributed by atoms with Crippen LogP contribution in [0.4, 0.5) is 5.69 Å². The molecule has 1 amide bonds. The van der Waals surface area contributed by atoms with E-state index in [1.54, 1.807) is 24.3 Å². The average Bonchev–Trinajstić information content (AvgIpc) is 2.03. The summed E-state index contributed by atoms with van der Waals surface area (Å²) in [4.78, 5) is 15.1. The summed E-state index contributed by atoms with van der Waals surface area (Å²) in [6.07, 6.45) is 0. The van der Waals surface area contributed by atoms with Crippen LogP contribution < -0.4 is 16.1 Å². The Kier molecular flexibility index (Phi) is 2.66. The largest absolute Gasteiger partial charge is 0.411 e. The Labute approximate surface area is 70.3 Å². The van der Waals surface area contributed by atoms with Crippen LogP contribution in [-0.2, 0) is 4.79 Å². The molecule has 0 saturated heterocycles. The van der Waals surface area contributed by atoms with E-state index in [1.807, 2.05) is 0 Å². The number of amides is 1. The molecule has 0 radical (unpaired) electrons. The molecule has 1 aromatic carbocycles. The molecule has 1 aromatic rings. The summed E-state index contributed by atoms with van der Waals surface area (Å²) in [5.74, 6) is 5.33. The molecule has 3 N–H and O–H groups in total. The standard InChI is InChI=1S/C8H10N2O2/c1-6(11)10-7-3-2-4-8(5-7)12-9/h2-5H,9H2,1H3,(H,10,11). The van der Waals surface area contributed by atoms with Gasteiger partial charge in [0.05, 0.1) is 0 Å². The zero-order chi connectivity index (χ0) is 8.97. The van der Waals surface area contributed by atoms with Crippen LogP contribution in [0.1, 0.15) is 6.92 Å². The SMILES string of the molecule is CC(=O)Nc1cccc(ON)c1. The highest BCUT2D eigenvalue weighted by Crippen LogP contribution is 2.15.